The van der Waals surface area contributed by atoms with Gasteiger partial charge in [0.1, 0.15) is 5.82 Å². The number of nitrogens with zero attached hydrogens (tertiary/aromatic N) is 5. The molecule has 8 nitrogen and oxygen atoms in total. The molecule has 0 saturated carbocycles. The van der Waals surface area contributed by atoms with E-state index >= 15 is 0 Å². The first-order chi connectivity index (χ1) is 19.5. The number of carbonyl (C=O) groups excluding carboxylic acids is 1. The molecule has 1 aromatic heterocycles. The van der Waals surface area contributed by atoms with Crippen LogP contribution in [0.15, 0.2) is 42.5 Å². The number of hydrogen-bond donors (Lipinski definition) is 1. The maximum atomic E-state index is 13.7. The summed E-state index contributed by atoms with van der Waals surface area (Å²) in [6, 6.07) is 13.1. The lowest BCUT2D eigenvalue weighted by Gasteiger charge is -2.27. The van der Waals surface area contributed by atoms with Crippen molar-refractivity contribution in [3.63, 3.8) is 0 Å². The lowest BCUT2D eigenvalue weighted by molar-refractivity contribution is 0.0124. The number of hydrogen-bond acceptors (Lipinski definition) is 5. The SMILES string of the molecule is [C-]#[N+]CCC#Cc1ccc(-n2c(-c3ccc(Cl)cc3Cl)nc(C(=O)NN3CCOCC3)c2CN2CCCC2)cc1. The van der Waals surface area contributed by atoms with Crippen LogP contribution in [-0.4, -0.2) is 71.3 Å². The van der Waals surface area contributed by atoms with E-state index in [0.29, 0.717) is 72.9 Å². The minimum atomic E-state index is -0.261. The molecule has 206 valence electrons. The normalized spacial score (nSPS) is 15.8. The van der Waals surface area contributed by atoms with E-state index in [1.807, 2.05) is 39.9 Å². The van der Waals surface area contributed by atoms with E-state index in [1.165, 1.54) is 0 Å². The molecule has 2 aromatic carbocycles. The van der Waals surface area contributed by atoms with Crippen molar-refractivity contribution in [3.05, 3.63) is 80.9 Å². The molecule has 0 atom stereocenters. The Balaban J connectivity index is 1.61. The minimum absolute atomic E-state index is 0.261. The van der Waals surface area contributed by atoms with E-state index in [9.17, 15) is 4.79 Å². The van der Waals surface area contributed by atoms with Crippen LogP contribution in [0.1, 0.15) is 41.0 Å². The highest BCUT2D eigenvalue weighted by Gasteiger charge is 2.28. The standard InChI is InChI=1S/C30H30Cl2N6O2/c1-33-13-3-2-6-22-7-10-24(11-8-22)38-27(21-36-14-4-5-15-36)28(30(39)35-37-16-18-40-19-17-37)34-29(38)25-12-9-23(31)20-26(25)32/h7-12,20H,3-5,13-19,21H2,(H,35,39). The van der Waals surface area contributed by atoms with Gasteiger partial charge in [0.05, 0.1) is 30.4 Å². The molecule has 0 aliphatic carbocycles. The molecular weight excluding hydrogens is 547 g/mol. The number of rotatable bonds is 7. The quantitative estimate of drug-likeness (QED) is 0.241. The van der Waals surface area contributed by atoms with Gasteiger partial charge >= 0.3 is 0 Å². The fourth-order valence-electron chi connectivity index (χ4n) is 4.91. The number of morpholine rings is 1. The van der Waals surface area contributed by atoms with Crippen LogP contribution >= 0.6 is 23.2 Å². The molecule has 3 aromatic rings. The molecule has 0 unspecified atom stereocenters. The monoisotopic (exact) mass is 576 g/mol. The number of hydrazine groups is 1. The fraction of sp³-hybridized carbons (Fsp3) is 0.367. The summed E-state index contributed by atoms with van der Waals surface area (Å²) in [6.45, 7) is 12.2. The van der Waals surface area contributed by atoms with Crippen molar-refractivity contribution in [1.82, 2.24) is 24.9 Å². The lowest BCUT2D eigenvalue weighted by atomic mass is 10.1. The van der Waals surface area contributed by atoms with Crippen molar-refractivity contribution >= 4 is 29.1 Å². The summed E-state index contributed by atoms with van der Waals surface area (Å²) in [7, 11) is 0. The molecule has 40 heavy (non-hydrogen) atoms. The van der Waals surface area contributed by atoms with E-state index in [2.05, 4.69) is 27.0 Å². The van der Waals surface area contributed by atoms with Crippen LogP contribution in [0.4, 0.5) is 0 Å². The number of likely N-dealkylation sites (tertiary alicyclic amines) is 1. The first-order valence-electron chi connectivity index (χ1n) is 13.4. The highest BCUT2D eigenvalue weighted by molar-refractivity contribution is 6.36. The summed E-state index contributed by atoms with van der Waals surface area (Å²) in [6.07, 6.45) is 2.79. The Hall–Kier alpha value is -3.37. The largest absolute Gasteiger partial charge is 0.379 e. The van der Waals surface area contributed by atoms with E-state index in [0.717, 1.165) is 42.9 Å². The summed E-state index contributed by atoms with van der Waals surface area (Å²) >= 11 is 12.9. The number of ether oxygens (including phenoxy) is 1. The maximum absolute atomic E-state index is 13.7. The Bertz CT molecular complexity index is 1460. The van der Waals surface area contributed by atoms with Crippen LogP contribution in [0.2, 0.25) is 10.0 Å². The molecule has 1 N–H and O–H groups in total. The first kappa shape index (κ1) is 28.2. The van der Waals surface area contributed by atoms with Gasteiger partial charge in [-0.05, 0) is 68.4 Å². The molecule has 0 bridgehead atoms. The maximum Gasteiger partial charge on any atom is 0.286 e. The van der Waals surface area contributed by atoms with E-state index in [1.54, 1.807) is 12.1 Å². The van der Waals surface area contributed by atoms with Crippen molar-refractivity contribution in [2.45, 2.75) is 25.8 Å². The predicted octanol–water partition coefficient (Wildman–Crippen LogP) is 5.08. The van der Waals surface area contributed by atoms with Gasteiger partial charge in [-0.25, -0.2) is 16.6 Å². The summed E-state index contributed by atoms with van der Waals surface area (Å²) in [5.74, 6) is 6.47. The Kier molecular flexibility index (Phi) is 9.38. The van der Waals surface area contributed by atoms with Crippen LogP contribution < -0.4 is 5.43 Å². The Morgan fingerprint density at radius 2 is 1.82 bits per heavy atom. The third-order valence-electron chi connectivity index (χ3n) is 6.91. The van der Waals surface area contributed by atoms with Gasteiger partial charge in [-0.1, -0.05) is 35.0 Å². The van der Waals surface area contributed by atoms with Gasteiger partial charge in [-0.15, -0.1) is 0 Å². The second-order valence-electron chi connectivity index (χ2n) is 9.69. The molecule has 2 aliphatic heterocycles. The molecule has 3 heterocycles. The van der Waals surface area contributed by atoms with E-state index in [-0.39, 0.29) is 5.91 Å². The van der Waals surface area contributed by atoms with Crippen LogP contribution in [0, 0.1) is 18.4 Å². The van der Waals surface area contributed by atoms with Crippen molar-refractivity contribution in [2.24, 2.45) is 0 Å². The van der Waals surface area contributed by atoms with Gasteiger partial charge in [0, 0.05) is 41.5 Å². The van der Waals surface area contributed by atoms with Crippen LogP contribution in [0.3, 0.4) is 0 Å². The van der Waals surface area contributed by atoms with E-state index in [4.69, 9.17) is 39.5 Å². The molecule has 2 aliphatic rings. The van der Waals surface area contributed by atoms with Crippen LogP contribution in [-0.2, 0) is 11.3 Å². The third kappa shape index (κ3) is 6.67. The van der Waals surface area contributed by atoms with Gasteiger partial charge < -0.3 is 9.58 Å². The summed E-state index contributed by atoms with van der Waals surface area (Å²) in [5, 5.41) is 2.85. The molecule has 0 radical (unpaired) electrons. The highest BCUT2D eigenvalue weighted by Crippen LogP contribution is 2.34. The molecule has 10 heteroatoms. The summed E-state index contributed by atoms with van der Waals surface area (Å²) in [5.41, 5.74) is 6.58. The number of halogens is 2. The zero-order chi connectivity index (χ0) is 27.9. The molecule has 1 amide bonds. The Labute approximate surface area is 244 Å². The Morgan fingerprint density at radius 1 is 1.07 bits per heavy atom. The topological polar surface area (TPSA) is 67.0 Å². The zero-order valence-electron chi connectivity index (χ0n) is 22.1. The summed E-state index contributed by atoms with van der Waals surface area (Å²) in [4.78, 5) is 24.3. The lowest BCUT2D eigenvalue weighted by Crippen LogP contribution is -2.48. The van der Waals surface area contributed by atoms with Gasteiger partial charge in [-0.2, -0.15) is 0 Å². The van der Waals surface area contributed by atoms with Gasteiger partial charge in [-0.3, -0.25) is 19.7 Å². The predicted molar refractivity (Wildman–Crippen MR) is 156 cm³/mol. The van der Waals surface area contributed by atoms with Crippen molar-refractivity contribution < 1.29 is 9.53 Å². The third-order valence-corrected chi connectivity index (χ3v) is 7.46. The number of nitrogens with one attached hydrogen (secondary N) is 1. The number of carbonyl (C=O) groups is 1. The second-order valence-corrected chi connectivity index (χ2v) is 10.5. The zero-order valence-corrected chi connectivity index (χ0v) is 23.6. The first-order valence-corrected chi connectivity index (χ1v) is 14.1. The van der Waals surface area contributed by atoms with Gasteiger partial charge in [0.25, 0.3) is 5.91 Å². The average Bonchev–Trinajstić information content (AvgIpc) is 3.61. The van der Waals surface area contributed by atoms with Crippen LogP contribution in [0.25, 0.3) is 21.9 Å². The fourth-order valence-corrected chi connectivity index (χ4v) is 5.40. The second kappa shape index (κ2) is 13.3. The smallest absolute Gasteiger partial charge is 0.286 e. The van der Waals surface area contributed by atoms with Crippen LogP contribution in [0.5, 0.6) is 0 Å². The number of amides is 1. The molecular formula is C30H30Cl2N6O2. The average molecular weight is 578 g/mol. The number of aromatic nitrogens is 2. The number of benzene rings is 2. The van der Waals surface area contributed by atoms with Crippen molar-refractivity contribution in [2.75, 3.05) is 45.9 Å². The Morgan fingerprint density at radius 3 is 2.52 bits per heavy atom. The molecule has 0 spiro atoms. The summed E-state index contributed by atoms with van der Waals surface area (Å²) < 4.78 is 7.47. The highest BCUT2D eigenvalue weighted by atomic mass is 35.5. The molecule has 2 saturated heterocycles. The minimum Gasteiger partial charge on any atom is -0.379 e. The van der Waals surface area contributed by atoms with E-state index < -0.39 is 0 Å². The molecule has 2 fully saturated rings. The van der Waals surface area contributed by atoms with Crippen molar-refractivity contribution in [3.8, 4) is 28.9 Å². The number of imidazole rings is 1. The van der Waals surface area contributed by atoms with Crippen molar-refractivity contribution in [1.29, 1.82) is 0 Å². The molecule has 5 rings (SSSR count). The van der Waals surface area contributed by atoms with Gasteiger partial charge in [0.15, 0.2) is 5.69 Å². The van der Waals surface area contributed by atoms with Gasteiger partial charge in [0.2, 0.25) is 6.54 Å².